The van der Waals surface area contributed by atoms with Gasteiger partial charge in [-0.1, -0.05) is 12.1 Å². The maximum absolute atomic E-state index is 11.6. The number of carbonyl (C=O) groups is 2. The minimum atomic E-state index is -0.509. The van der Waals surface area contributed by atoms with Gasteiger partial charge in [-0.05, 0) is 25.5 Å². The van der Waals surface area contributed by atoms with E-state index in [0.717, 1.165) is 0 Å². The third kappa shape index (κ3) is 4.18. The van der Waals surface area contributed by atoms with Crippen LogP contribution in [-0.2, 0) is 4.79 Å². The lowest BCUT2D eigenvalue weighted by molar-refractivity contribution is -0.116. The first kappa shape index (κ1) is 14.2. The van der Waals surface area contributed by atoms with Crippen molar-refractivity contribution in [2.45, 2.75) is 25.9 Å². The van der Waals surface area contributed by atoms with Gasteiger partial charge in [-0.15, -0.1) is 0 Å². The molecule has 0 radical (unpaired) electrons. The van der Waals surface area contributed by atoms with Crippen LogP contribution in [0.3, 0.4) is 0 Å². The van der Waals surface area contributed by atoms with Crippen LogP contribution in [0.1, 0.15) is 30.1 Å². The summed E-state index contributed by atoms with van der Waals surface area (Å²) < 4.78 is 0. The number of hydrogen-bond donors (Lipinski definition) is 3. The van der Waals surface area contributed by atoms with Crippen LogP contribution in [0, 0.1) is 0 Å². The summed E-state index contributed by atoms with van der Waals surface area (Å²) in [5.74, 6) is -0.464. The van der Waals surface area contributed by atoms with Gasteiger partial charge in [-0.2, -0.15) is 0 Å². The molecule has 1 rings (SSSR count). The second-order valence-corrected chi connectivity index (χ2v) is 4.06. The molecular weight excluding hydrogens is 232 g/mol. The summed E-state index contributed by atoms with van der Waals surface area (Å²) in [5.41, 5.74) is 0.901. The van der Waals surface area contributed by atoms with E-state index in [0.29, 0.717) is 17.7 Å². The second kappa shape index (κ2) is 6.76. The highest BCUT2D eigenvalue weighted by molar-refractivity contribution is 6.03. The SMILES string of the molecule is CNC(=O)c1ccccc1NC(=O)CCC(C)O. The van der Waals surface area contributed by atoms with E-state index in [1.165, 1.54) is 7.05 Å². The number of carbonyl (C=O) groups excluding carboxylic acids is 2. The van der Waals surface area contributed by atoms with Crippen LogP contribution in [0.4, 0.5) is 5.69 Å². The molecule has 0 aliphatic heterocycles. The number of aliphatic hydroxyl groups excluding tert-OH is 1. The number of amides is 2. The number of nitrogens with one attached hydrogen (secondary N) is 2. The van der Waals surface area contributed by atoms with Crippen LogP contribution in [0.2, 0.25) is 0 Å². The highest BCUT2D eigenvalue weighted by Crippen LogP contribution is 2.15. The van der Waals surface area contributed by atoms with Gasteiger partial charge in [-0.3, -0.25) is 9.59 Å². The van der Waals surface area contributed by atoms with E-state index in [-0.39, 0.29) is 18.2 Å². The third-order valence-electron chi connectivity index (χ3n) is 2.46. The summed E-state index contributed by atoms with van der Waals surface area (Å²) >= 11 is 0. The van der Waals surface area contributed by atoms with Gasteiger partial charge < -0.3 is 15.7 Å². The Balaban J connectivity index is 2.72. The Morgan fingerprint density at radius 2 is 2.00 bits per heavy atom. The average Bonchev–Trinajstić information content (AvgIpc) is 2.36. The van der Waals surface area contributed by atoms with Gasteiger partial charge in [0.2, 0.25) is 5.91 Å². The molecule has 2 amide bonds. The van der Waals surface area contributed by atoms with Crippen molar-refractivity contribution in [2.75, 3.05) is 12.4 Å². The molecule has 3 N–H and O–H groups in total. The van der Waals surface area contributed by atoms with Crippen LogP contribution in [0.15, 0.2) is 24.3 Å². The Morgan fingerprint density at radius 1 is 1.33 bits per heavy atom. The lowest BCUT2D eigenvalue weighted by Gasteiger charge is -2.10. The molecule has 98 valence electrons. The highest BCUT2D eigenvalue weighted by Gasteiger charge is 2.11. The second-order valence-electron chi connectivity index (χ2n) is 4.06. The van der Waals surface area contributed by atoms with Crippen molar-refractivity contribution < 1.29 is 14.7 Å². The summed E-state index contributed by atoms with van der Waals surface area (Å²) in [7, 11) is 1.54. The van der Waals surface area contributed by atoms with Gasteiger partial charge >= 0.3 is 0 Å². The summed E-state index contributed by atoms with van der Waals surface area (Å²) in [6.45, 7) is 1.63. The standard InChI is InChI=1S/C13H18N2O3/c1-9(16)7-8-12(17)15-11-6-4-3-5-10(11)13(18)14-2/h3-6,9,16H,7-8H2,1-2H3,(H,14,18)(H,15,17). The highest BCUT2D eigenvalue weighted by atomic mass is 16.3. The van der Waals surface area contributed by atoms with Crippen molar-refractivity contribution in [1.29, 1.82) is 0 Å². The minimum Gasteiger partial charge on any atom is -0.393 e. The van der Waals surface area contributed by atoms with Gasteiger partial charge in [0.15, 0.2) is 0 Å². The third-order valence-corrected chi connectivity index (χ3v) is 2.46. The first-order valence-electron chi connectivity index (χ1n) is 5.83. The van der Waals surface area contributed by atoms with E-state index < -0.39 is 6.10 Å². The lowest BCUT2D eigenvalue weighted by Crippen LogP contribution is -2.21. The molecule has 0 aliphatic carbocycles. The zero-order valence-electron chi connectivity index (χ0n) is 10.6. The molecule has 5 nitrogen and oxygen atoms in total. The maximum Gasteiger partial charge on any atom is 0.253 e. The quantitative estimate of drug-likeness (QED) is 0.733. The van der Waals surface area contributed by atoms with Crippen molar-refractivity contribution in [3.8, 4) is 0 Å². The van der Waals surface area contributed by atoms with Crippen LogP contribution >= 0.6 is 0 Å². The molecule has 0 aromatic heterocycles. The Bertz CT molecular complexity index is 430. The Morgan fingerprint density at radius 3 is 2.61 bits per heavy atom. The zero-order chi connectivity index (χ0) is 13.5. The molecule has 0 spiro atoms. The van der Waals surface area contributed by atoms with Crippen molar-refractivity contribution in [3.05, 3.63) is 29.8 Å². The molecule has 1 unspecified atom stereocenters. The predicted octanol–water partition coefficient (Wildman–Crippen LogP) is 1.15. The lowest BCUT2D eigenvalue weighted by atomic mass is 10.1. The molecule has 1 aromatic carbocycles. The van der Waals surface area contributed by atoms with E-state index in [1.807, 2.05) is 0 Å². The van der Waals surface area contributed by atoms with Gasteiger partial charge in [0.1, 0.15) is 0 Å². The summed E-state index contributed by atoms with van der Waals surface area (Å²) in [4.78, 5) is 23.2. The van der Waals surface area contributed by atoms with Crippen LogP contribution in [-0.4, -0.2) is 30.1 Å². The number of aliphatic hydroxyl groups is 1. The van der Waals surface area contributed by atoms with Gasteiger partial charge in [0, 0.05) is 13.5 Å². The number of hydrogen-bond acceptors (Lipinski definition) is 3. The van der Waals surface area contributed by atoms with Crippen LogP contribution < -0.4 is 10.6 Å². The molecule has 1 aromatic rings. The van der Waals surface area contributed by atoms with Gasteiger partial charge in [0.05, 0.1) is 17.4 Å². The molecule has 0 saturated heterocycles. The normalized spacial score (nSPS) is 11.7. The summed E-state index contributed by atoms with van der Waals surface area (Å²) in [5, 5.41) is 14.3. The van der Waals surface area contributed by atoms with E-state index in [1.54, 1.807) is 31.2 Å². The zero-order valence-corrected chi connectivity index (χ0v) is 10.6. The minimum absolute atomic E-state index is 0.216. The van der Waals surface area contributed by atoms with Crippen LogP contribution in [0.25, 0.3) is 0 Å². The number of para-hydroxylation sites is 1. The molecule has 0 bridgehead atoms. The smallest absolute Gasteiger partial charge is 0.253 e. The Kier molecular flexibility index (Phi) is 5.32. The fourth-order valence-corrected chi connectivity index (χ4v) is 1.48. The molecule has 0 heterocycles. The fraction of sp³-hybridized carbons (Fsp3) is 0.385. The molecular formula is C13H18N2O3. The van der Waals surface area contributed by atoms with E-state index in [4.69, 9.17) is 5.11 Å². The fourth-order valence-electron chi connectivity index (χ4n) is 1.48. The summed E-state index contributed by atoms with van der Waals surface area (Å²) in [6.07, 6.45) is 0.109. The van der Waals surface area contributed by atoms with Crippen molar-refractivity contribution in [1.82, 2.24) is 5.32 Å². The molecule has 5 heteroatoms. The molecule has 0 fully saturated rings. The van der Waals surface area contributed by atoms with E-state index in [9.17, 15) is 9.59 Å². The van der Waals surface area contributed by atoms with Gasteiger partial charge in [0.25, 0.3) is 5.91 Å². The first-order valence-corrected chi connectivity index (χ1v) is 5.83. The van der Waals surface area contributed by atoms with E-state index >= 15 is 0 Å². The molecule has 1 atom stereocenters. The number of anilines is 1. The number of rotatable bonds is 5. The van der Waals surface area contributed by atoms with Crippen molar-refractivity contribution >= 4 is 17.5 Å². The largest absolute Gasteiger partial charge is 0.393 e. The predicted molar refractivity (Wildman–Crippen MR) is 69.4 cm³/mol. The summed E-state index contributed by atoms with van der Waals surface area (Å²) in [6, 6.07) is 6.79. The molecule has 0 saturated carbocycles. The molecule has 0 aliphatic rings. The van der Waals surface area contributed by atoms with Crippen LogP contribution in [0.5, 0.6) is 0 Å². The Hall–Kier alpha value is -1.88. The first-order chi connectivity index (χ1) is 8.54. The van der Waals surface area contributed by atoms with Crippen molar-refractivity contribution in [3.63, 3.8) is 0 Å². The maximum atomic E-state index is 11.6. The van der Waals surface area contributed by atoms with E-state index in [2.05, 4.69) is 10.6 Å². The monoisotopic (exact) mass is 250 g/mol. The average molecular weight is 250 g/mol. The number of benzene rings is 1. The van der Waals surface area contributed by atoms with Crippen molar-refractivity contribution in [2.24, 2.45) is 0 Å². The topological polar surface area (TPSA) is 78.4 Å². The van der Waals surface area contributed by atoms with Gasteiger partial charge in [-0.25, -0.2) is 0 Å². The Labute approximate surface area is 106 Å². The molecule has 18 heavy (non-hydrogen) atoms.